The minimum absolute atomic E-state index is 0.0806. The molecule has 1 aromatic heterocycles. The number of ether oxygens (including phenoxy) is 1. The first kappa shape index (κ1) is 16.7. The highest BCUT2D eigenvalue weighted by atomic mass is 32.1. The summed E-state index contributed by atoms with van der Waals surface area (Å²) in [4.78, 5) is 26.4. The van der Waals surface area contributed by atoms with Crippen LogP contribution in [0, 0.1) is 5.92 Å². The summed E-state index contributed by atoms with van der Waals surface area (Å²) in [6.45, 7) is 5.38. The molecule has 0 spiro atoms. The summed E-state index contributed by atoms with van der Waals surface area (Å²) in [5.74, 6) is 0.339. The maximum atomic E-state index is 12.3. The molecule has 4 nitrogen and oxygen atoms in total. The van der Waals surface area contributed by atoms with Gasteiger partial charge in [-0.2, -0.15) is 0 Å². The fourth-order valence-corrected chi connectivity index (χ4v) is 2.47. The number of carbonyl (C=O) groups is 2. The Hall–Kier alpha value is -1.36. The van der Waals surface area contributed by atoms with Gasteiger partial charge in [0.25, 0.3) is 0 Å². The van der Waals surface area contributed by atoms with Gasteiger partial charge in [-0.3, -0.25) is 9.59 Å². The van der Waals surface area contributed by atoms with E-state index >= 15 is 0 Å². The van der Waals surface area contributed by atoms with Crippen molar-refractivity contribution in [3.05, 3.63) is 22.4 Å². The molecule has 0 aliphatic heterocycles. The molecule has 20 heavy (non-hydrogen) atoms. The Labute approximate surface area is 124 Å². The van der Waals surface area contributed by atoms with Gasteiger partial charge in [0.2, 0.25) is 5.91 Å². The third kappa shape index (κ3) is 6.19. The molecule has 0 aliphatic carbocycles. The first-order chi connectivity index (χ1) is 9.52. The van der Waals surface area contributed by atoms with Gasteiger partial charge in [0.05, 0.1) is 20.0 Å². The maximum absolute atomic E-state index is 12.3. The first-order valence-electron chi connectivity index (χ1n) is 6.90. The molecule has 0 atom stereocenters. The lowest BCUT2D eigenvalue weighted by atomic mass is 10.1. The van der Waals surface area contributed by atoms with Crippen LogP contribution in [0.2, 0.25) is 0 Å². The number of esters is 1. The van der Waals surface area contributed by atoms with Crippen LogP contribution in [0.4, 0.5) is 0 Å². The number of hydrogen-bond acceptors (Lipinski definition) is 4. The van der Waals surface area contributed by atoms with Crippen molar-refractivity contribution in [2.24, 2.45) is 5.92 Å². The van der Waals surface area contributed by atoms with Crippen molar-refractivity contribution < 1.29 is 14.3 Å². The predicted molar refractivity (Wildman–Crippen MR) is 80.7 cm³/mol. The van der Waals surface area contributed by atoms with Crippen LogP contribution in [0.25, 0.3) is 0 Å². The maximum Gasteiger partial charge on any atom is 0.307 e. The van der Waals surface area contributed by atoms with Crippen LogP contribution in [0.15, 0.2) is 17.5 Å². The van der Waals surface area contributed by atoms with Gasteiger partial charge in [-0.25, -0.2) is 0 Å². The van der Waals surface area contributed by atoms with Crippen LogP contribution in [-0.2, 0) is 20.7 Å². The minimum atomic E-state index is -0.275. The number of hydrogen-bond donors (Lipinski definition) is 0. The number of amides is 1. The summed E-state index contributed by atoms with van der Waals surface area (Å²) >= 11 is 1.58. The highest BCUT2D eigenvalue weighted by Gasteiger charge is 2.16. The molecule has 0 bridgehead atoms. The molecule has 0 unspecified atom stereocenters. The van der Waals surface area contributed by atoms with E-state index in [1.165, 1.54) is 7.11 Å². The van der Waals surface area contributed by atoms with Crippen molar-refractivity contribution in [3.8, 4) is 0 Å². The summed E-state index contributed by atoms with van der Waals surface area (Å²) in [7, 11) is 1.37. The molecule has 1 aromatic rings. The van der Waals surface area contributed by atoms with Crippen molar-refractivity contribution >= 4 is 23.2 Å². The molecule has 1 amide bonds. The van der Waals surface area contributed by atoms with Gasteiger partial charge in [0, 0.05) is 18.0 Å². The van der Waals surface area contributed by atoms with Gasteiger partial charge in [-0.15, -0.1) is 11.3 Å². The van der Waals surface area contributed by atoms with Crippen LogP contribution >= 0.6 is 11.3 Å². The predicted octanol–water partition coefficient (Wildman–Crippen LogP) is 2.73. The Bertz CT molecular complexity index is 415. The van der Waals surface area contributed by atoms with Crippen LogP contribution < -0.4 is 0 Å². The van der Waals surface area contributed by atoms with Gasteiger partial charge in [-0.1, -0.05) is 19.9 Å². The second-order valence-electron chi connectivity index (χ2n) is 5.15. The fraction of sp³-hybridized carbons (Fsp3) is 0.600. The van der Waals surface area contributed by atoms with Gasteiger partial charge < -0.3 is 9.64 Å². The third-order valence-corrected chi connectivity index (χ3v) is 3.92. The zero-order valence-electron chi connectivity index (χ0n) is 12.4. The Morgan fingerprint density at radius 2 is 2.10 bits per heavy atom. The van der Waals surface area contributed by atoms with Gasteiger partial charge in [0.1, 0.15) is 0 Å². The standard InChI is InChI=1S/C15H23NO3S/c1-12(2)6-8-16(9-7-15(18)19-3)14(17)11-13-5-4-10-20-13/h4-5,10,12H,6-9,11H2,1-3H3. The number of rotatable bonds is 8. The van der Waals surface area contributed by atoms with Gasteiger partial charge in [0.15, 0.2) is 0 Å². The first-order valence-corrected chi connectivity index (χ1v) is 7.78. The molecule has 0 N–H and O–H groups in total. The molecular formula is C15H23NO3S. The van der Waals surface area contributed by atoms with Crippen molar-refractivity contribution in [1.82, 2.24) is 4.90 Å². The second kappa shape index (κ2) is 8.74. The normalized spacial score (nSPS) is 10.6. The van der Waals surface area contributed by atoms with Crippen LogP contribution in [0.1, 0.15) is 31.6 Å². The zero-order valence-corrected chi connectivity index (χ0v) is 13.2. The van der Waals surface area contributed by atoms with E-state index in [0.717, 1.165) is 11.3 Å². The fourth-order valence-electron chi connectivity index (χ4n) is 1.78. The van der Waals surface area contributed by atoms with E-state index in [4.69, 9.17) is 0 Å². The minimum Gasteiger partial charge on any atom is -0.469 e. The van der Waals surface area contributed by atoms with E-state index in [9.17, 15) is 9.59 Å². The zero-order chi connectivity index (χ0) is 15.0. The summed E-state index contributed by atoms with van der Waals surface area (Å²) in [5.41, 5.74) is 0. The summed E-state index contributed by atoms with van der Waals surface area (Å²) < 4.78 is 4.64. The Morgan fingerprint density at radius 3 is 2.65 bits per heavy atom. The Balaban J connectivity index is 2.55. The number of methoxy groups -OCH3 is 1. The van der Waals surface area contributed by atoms with E-state index in [0.29, 0.717) is 25.4 Å². The topological polar surface area (TPSA) is 46.6 Å². The highest BCUT2D eigenvalue weighted by molar-refractivity contribution is 7.10. The number of nitrogens with zero attached hydrogens (tertiary/aromatic N) is 1. The molecule has 1 rings (SSSR count). The SMILES string of the molecule is COC(=O)CCN(CCC(C)C)C(=O)Cc1cccs1. The lowest BCUT2D eigenvalue weighted by molar-refractivity contribution is -0.141. The molecule has 112 valence electrons. The van der Waals surface area contributed by atoms with E-state index in [-0.39, 0.29) is 18.3 Å². The molecule has 0 aromatic carbocycles. The molecule has 0 saturated heterocycles. The van der Waals surface area contributed by atoms with Crippen molar-refractivity contribution in [3.63, 3.8) is 0 Å². The lowest BCUT2D eigenvalue weighted by Crippen LogP contribution is -2.35. The Morgan fingerprint density at radius 1 is 1.35 bits per heavy atom. The van der Waals surface area contributed by atoms with Crippen molar-refractivity contribution in [2.75, 3.05) is 20.2 Å². The van der Waals surface area contributed by atoms with E-state index < -0.39 is 0 Å². The molecule has 0 aliphatic rings. The third-order valence-electron chi connectivity index (χ3n) is 3.05. The molecule has 0 saturated carbocycles. The van der Waals surface area contributed by atoms with E-state index in [1.807, 2.05) is 17.5 Å². The monoisotopic (exact) mass is 297 g/mol. The smallest absolute Gasteiger partial charge is 0.307 e. The Kier molecular flexibility index (Phi) is 7.30. The molecule has 5 heteroatoms. The molecular weight excluding hydrogens is 274 g/mol. The molecule has 0 fully saturated rings. The average molecular weight is 297 g/mol. The average Bonchev–Trinajstić information content (AvgIpc) is 2.90. The highest BCUT2D eigenvalue weighted by Crippen LogP contribution is 2.12. The van der Waals surface area contributed by atoms with Crippen LogP contribution in [0.3, 0.4) is 0 Å². The molecule has 0 radical (unpaired) electrons. The van der Waals surface area contributed by atoms with Crippen LogP contribution in [0.5, 0.6) is 0 Å². The molecule has 1 heterocycles. The summed E-state index contributed by atoms with van der Waals surface area (Å²) in [6, 6.07) is 3.91. The van der Waals surface area contributed by atoms with E-state index in [2.05, 4.69) is 18.6 Å². The lowest BCUT2D eigenvalue weighted by Gasteiger charge is -2.23. The largest absolute Gasteiger partial charge is 0.469 e. The van der Waals surface area contributed by atoms with Gasteiger partial charge >= 0.3 is 5.97 Å². The quantitative estimate of drug-likeness (QED) is 0.693. The number of thiophene rings is 1. The summed E-state index contributed by atoms with van der Waals surface area (Å²) in [5, 5.41) is 1.97. The number of carbonyl (C=O) groups excluding carboxylic acids is 2. The van der Waals surface area contributed by atoms with E-state index in [1.54, 1.807) is 16.2 Å². The van der Waals surface area contributed by atoms with Crippen molar-refractivity contribution in [1.29, 1.82) is 0 Å². The van der Waals surface area contributed by atoms with Crippen LogP contribution in [-0.4, -0.2) is 37.0 Å². The summed E-state index contributed by atoms with van der Waals surface area (Å²) in [6.07, 6.45) is 1.61. The van der Waals surface area contributed by atoms with Crippen molar-refractivity contribution in [2.45, 2.75) is 33.1 Å². The second-order valence-corrected chi connectivity index (χ2v) is 6.18. The van der Waals surface area contributed by atoms with Gasteiger partial charge in [-0.05, 0) is 23.8 Å².